The molecule has 6 nitrogen and oxygen atoms in total. The highest BCUT2D eigenvalue weighted by Gasteiger charge is 2.30. The van der Waals surface area contributed by atoms with Gasteiger partial charge in [-0.3, -0.25) is 0 Å². The zero-order chi connectivity index (χ0) is 17.0. The zero-order valence-corrected chi connectivity index (χ0v) is 14.0. The van der Waals surface area contributed by atoms with Crippen LogP contribution in [0.5, 0.6) is 5.75 Å². The Balaban J connectivity index is 2.24. The van der Waals surface area contributed by atoms with Crippen LogP contribution in [0.4, 0.5) is 4.79 Å². The number of esters is 1. The molecular weight excluding hydrogens is 320 g/mol. The summed E-state index contributed by atoms with van der Waals surface area (Å²) in [6.45, 7) is 5.61. The summed E-state index contributed by atoms with van der Waals surface area (Å²) in [7, 11) is 0. The van der Waals surface area contributed by atoms with E-state index in [0.717, 1.165) is 5.56 Å². The van der Waals surface area contributed by atoms with Crippen molar-refractivity contribution in [2.24, 2.45) is 0 Å². The molecule has 0 bridgehead atoms. The van der Waals surface area contributed by atoms with Gasteiger partial charge < -0.3 is 20.1 Å². The quantitative estimate of drug-likeness (QED) is 0.809. The highest BCUT2D eigenvalue weighted by atomic mass is 35.5. The highest BCUT2D eigenvalue weighted by molar-refractivity contribution is 6.32. The molecule has 1 atom stereocenters. The summed E-state index contributed by atoms with van der Waals surface area (Å²) < 4.78 is 10.7. The molecule has 1 aromatic rings. The third kappa shape index (κ3) is 4.16. The Morgan fingerprint density at radius 1 is 1.39 bits per heavy atom. The molecule has 2 N–H and O–H groups in total. The normalized spacial score (nSPS) is 17.4. The van der Waals surface area contributed by atoms with Gasteiger partial charge in [-0.25, -0.2) is 9.59 Å². The van der Waals surface area contributed by atoms with Gasteiger partial charge in [0, 0.05) is 0 Å². The summed E-state index contributed by atoms with van der Waals surface area (Å²) in [5.41, 5.74) is 1.71. The Hall–Kier alpha value is -2.21. The molecule has 0 radical (unpaired) electrons. The molecule has 0 aromatic heterocycles. The maximum absolute atomic E-state index is 12.1. The lowest BCUT2D eigenvalue weighted by molar-refractivity contribution is -0.139. The predicted molar refractivity (Wildman–Crippen MR) is 86.5 cm³/mol. The first-order chi connectivity index (χ1) is 10.9. The molecule has 0 spiro atoms. The van der Waals surface area contributed by atoms with Crippen LogP contribution in [0.1, 0.15) is 19.4 Å². The van der Waals surface area contributed by atoms with Crippen LogP contribution in [-0.2, 0) is 9.53 Å². The fraction of sp³-hybridized carbons (Fsp3) is 0.375. The molecule has 1 heterocycles. The van der Waals surface area contributed by atoms with Crippen molar-refractivity contribution in [2.75, 3.05) is 13.2 Å². The molecule has 1 aromatic carbocycles. The van der Waals surface area contributed by atoms with Crippen LogP contribution in [0.25, 0.3) is 0 Å². The average molecular weight is 339 g/mol. The number of halogens is 1. The molecule has 1 aliphatic rings. The number of hydrogen-bond donors (Lipinski definition) is 2. The summed E-state index contributed by atoms with van der Waals surface area (Å²) >= 11 is 6.09. The lowest BCUT2D eigenvalue weighted by Crippen LogP contribution is -2.50. The number of amides is 2. The van der Waals surface area contributed by atoms with E-state index in [0.29, 0.717) is 22.0 Å². The van der Waals surface area contributed by atoms with Crippen molar-refractivity contribution in [3.8, 4) is 5.75 Å². The van der Waals surface area contributed by atoms with Gasteiger partial charge in [0.15, 0.2) is 0 Å². The second-order valence-electron chi connectivity index (χ2n) is 5.16. The fourth-order valence-corrected chi connectivity index (χ4v) is 2.44. The third-order valence-corrected chi connectivity index (χ3v) is 3.64. The van der Waals surface area contributed by atoms with Crippen LogP contribution in [0.15, 0.2) is 29.5 Å². The molecule has 1 aliphatic heterocycles. The number of hydrogen-bond acceptors (Lipinski definition) is 4. The van der Waals surface area contributed by atoms with Crippen LogP contribution in [-0.4, -0.2) is 31.3 Å². The van der Waals surface area contributed by atoms with E-state index in [4.69, 9.17) is 21.1 Å². The van der Waals surface area contributed by atoms with Crippen LogP contribution >= 0.6 is 11.6 Å². The SMILES string of the molecule is CCOC(=O)C1=C(COc2cc(C)ccc2Cl)NC(=O)NC1C. The maximum Gasteiger partial charge on any atom is 0.338 e. The van der Waals surface area contributed by atoms with Gasteiger partial charge in [-0.2, -0.15) is 0 Å². The summed E-state index contributed by atoms with van der Waals surface area (Å²) in [4.78, 5) is 23.8. The van der Waals surface area contributed by atoms with Gasteiger partial charge in [-0.05, 0) is 38.5 Å². The standard InChI is InChI=1S/C16H19ClN2O4/c1-4-22-15(20)14-10(3)18-16(21)19-12(14)8-23-13-7-9(2)5-6-11(13)17/h5-7,10H,4,8H2,1-3H3,(H2,18,19,21). The summed E-state index contributed by atoms with van der Waals surface area (Å²) in [6.07, 6.45) is 0. The van der Waals surface area contributed by atoms with E-state index in [9.17, 15) is 9.59 Å². The minimum Gasteiger partial charge on any atom is -0.486 e. The Kier molecular flexibility index (Phi) is 5.50. The number of carbonyl (C=O) groups excluding carboxylic acids is 2. The molecule has 0 aliphatic carbocycles. The van der Waals surface area contributed by atoms with Gasteiger partial charge >= 0.3 is 12.0 Å². The third-order valence-electron chi connectivity index (χ3n) is 3.32. The van der Waals surface area contributed by atoms with Gasteiger partial charge in [0.25, 0.3) is 0 Å². The van der Waals surface area contributed by atoms with Crippen molar-refractivity contribution < 1.29 is 19.1 Å². The molecule has 23 heavy (non-hydrogen) atoms. The van der Waals surface area contributed by atoms with Crippen molar-refractivity contribution in [2.45, 2.75) is 26.8 Å². The Labute approximate surface area is 139 Å². The lowest BCUT2D eigenvalue weighted by Gasteiger charge is -2.26. The topological polar surface area (TPSA) is 76.7 Å². The summed E-state index contributed by atoms with van der Waals surface area (Å²) in [5, 5.41) is 5.69. The molecule has 1 unspecified atom stereocenters. The maximum atomic E-state index is 12.1. The van der Waals surface area contributed by atoms with E-state index in [1.165, 1.54) is 0 Å². The first-order valence-electron chi connectivity index (χ1n) is 7.29. The van der Waals surface area contributed by atoms with Gasteiger partial charge in [0.05, 0.1) is 28.9 Å². The van der Waals surface area contributed by atoms with E-state index < -0.39 is 12.0 Å². The smallest absolute Gasteiger partial charge is 0.338 e. The second kappa shape index (κ2) is 7.37. The van der Waals surface area contributed by atoms with Crippen LogP contribution in [0, 0.1) is 6.92 Å². The predicted octanol–water partition coefficient (Wildman–Crippen LogP) is 2.55. The molecule has 0 saturated heterocycles. The molecule has 2 amide bonds. The van der Waals surface area contributed by atoms with E-state index in [2.05, 4.69) is 10.6 Å². The largest absolute Gasteiger partial charge is 0.486 e. The van der Waals surface area contributed by atoms with E-state index in [-0.39, 0.29) is 19.2 Å². The minimum atomic E-state index is -0.485. The number of carbonyl (C=O) groups is 2. The molecule has 0 fully saturated rings. The van der Waals surface area contributed by atoms with Crippen molar-refractivity contribution in [1.82, 2.24) is 10.6 Å². The molecule has 7 heteroatoms. The Morgan fingerprint density at radius 2 is 2.13 bits per heavy atom. The number of ether oxygens (including phenoxy) is 2. The van der Waals surface area contributed by atoms with Gasteiger partial charge in [-0.1, -0.05) is 17.7 Å². The molecule has 0 saturated carbocycles. The van der Waals surface area contributed by atoms with Gasteiger partial charge in [0.2, 0.25) is 0 Å². The van der Waals surface area contributed by atoms with Gasteiger partial charge in [0.1, 0.15) is 12.4 Å². The van der Waals surface area contributed by atoms with Crippen molar-refractivity contribution >= 4 is 23.6 Å². The summed E-state index contributed by atoms with van der Waals surface area (Å²) in [6, 6.07) is 4.54. The zero-order valence-electron chi connectivity index (χ0n) is 13.2. The minimum absolute atomic E-state index is 0.00901. The van der Waals surface area contributed by atoms with Crippen molar-refractivity contribution in [3.63, 3.8) is 0 Å². The number of urea groups is 1. The van der Waals surface area contributed by atoms with Crippen molar-refractivity contribution in [3.05, 3.63) is 40.1 Å². The molecular formula is C16H19ClN2O4. The molecule has 124 valence electrons. The molecule has 2 rings (SSSR count). The van der Waals surface area contributed by atoms with Crippen LogP contribution in [0.2, 0.25) is 5.02 Å². The lowest BCUT2D eigenvalue weighted by atomic mass is 10.0. The number of aryl methyl sites for hydroxylation is 1. The van der Waals surface area contributed by atoms with Crippen LogP contribution in [0.3, 0.4) is 0 Å². The fourth-order valence-electron chi connectivity index (χ4n) is 2.26. The summed E-state index contributed by atoms with van der Waals surface area (Å²) in [5.74, 6) is 0.00393. The van der Waals surface area contributed by atoms with Gasteiger partial charge in [-0.15, -0.1) is 0 Å². The van der Waals surface area contributed by atoms with Crippen LogP contribution < -0.4 is 15.4 Å². The monoisotopic (exact) mass is 338 g/mol. The van der Waals surface area contributed by atoms with E-state index in [1.54, 1.807) is 26.0 Å². The Morgan fingerprint density at radius 3 is 2.83 bits per heavy atom. The van der Waals surface area contributed by atoms with E-state index >= 15 is 0 Å². The first kappa shape index (κ1) is 17.1. The number of benzene rings is 1. The average Bonchev–Trinajstić information content (AvgIpc) is 2.47. The van der Waals surface area contributed by atoms with Crippen molar-refractivity contribution in [1.29, 1.82) is 0 Å². The Bertz CT molecular complexity index is 657. The second-order valence-corrected chi connectivity index (χ2v) is 5.56. The first-order valence-corrected chi connectivity index (χ1v) is 7.66. The number of nitrogens with one attached hydrogen (secondary N) is 2. The van der Waals surface area contributed by atoms with E-state index in [1.807, 2.05) is 13.0 Å². The highest BCUT2D eigenvalue weighted by Crippen LogP contribution is 2.26. The number of rotatable bonds is 5.